The lowest BCUT2D eigenvalue weighted by molar-refractivity contribution is 0.562. The fourth-order valence-corrected chi connectivity index (χ4v) is 2.22. The molecule has 0 radical (unpaired) electrons. The van der Waals surface area contributed by atoms with Crippen molar-refractivity contribution in [1.29, 1.82) is 0 Å². The van der Waals surface area contributed by atoms with Gasteiger partial charge in [-0.05, 0) is 29.7 Å². The first-order valence-electron chi connectivity index (χ1n) is 5.08. The van der Waals surface area contributed by atoms with Crippen LogP contribution >= 0.6 is 15.9 Å². The Labute approximate surface area is 102 Å². The summed E-state index contributed by atoms with van der Waals surface area (Å²) >= 11 is 3.50. The normalized spacial score (nSPS) is 11.1. The highest BCUT2D eigenvalue weighted by Gasteiger charge is 2.02. The average molecular weight is 276 g/mol. The van der Waals surface area contributed by atoms with Gasteiger partial charge in [-0.1, -0.05) is 22.0 Å². The van der Waals surface area contributed by atoms with Crippen LogP contribution in [0.4, 0.5) is 0 Å². The molecule has 3 heteroatoms. The van der Waals surface area contributed by atoms with Crippen LogP contribution in [0.2, 0.25) is 0 Å². The van der Waals surface area contributed by atoms with Gasteiger partial charge in [0.05, 0.1) is 19.1 Å². The molecule has 1 aromatic carbocycles. The molecule has 0 fully saturated rings. The summed E-state index contributed by atoms with van der Waals surface area (Å²) in [6, 6.07) is 10.4. The molecule has 2 heterocycles. The van der Waals surface area contributed by atoms with Crippen molar-refractivity contribution in [1.82, 2.24) is 4.57 Å². The second-order valence-corrected chi connectivity index (χ2v) is 4.69. The molecule has 2 aromatic heterocycles. The maximum Gasteiger partial charge on any atom is 0.0952 e. The molecule has 0 aliphatic carbocycles. The van der Waals surface area contributed by atoms with Crippen molar-refractivity contribution in [3.63, 3.8) is 0 Å². The first kappa shape index (κ1) is 9.73. The fraction of sp³-hybridized carbons (Fsp3) is 0.0769. The van der Waals surface area contributed by atoms with E-state index in [2.05, 4.69) is 51.0 Å². The van der Waals surface area contributed by atoms with E-state index in [0.29, 0.717) is 0 Å². The third kappa shape index (κ3) is 1.67. The summed E-state index contributed by atoms with van der Waals surface area (Å²) in [4.78, 5) is 0. The molecule has 3 rings (SSSR count). The third-order valence-corrected chi connectivity index (χ3v) is 3.16. The standard InChI is InChI=1S/C13H10BrNO/c14-12-2-1-11-3-5-15(13(11)7-12)8-10-4-6-16-9-10/h1-7,9H,8H2. The first-order chi connectivity index (χ1) is 7.83. The van der Waals surface area contributed by atoms with E-state index >= 15 is 0 Å². The maximum atomic E-state index is 5.08. The lowest BCUT2D eigenvalue weighted by Crippen LogP contribution is -1.95. The van der Waals surface area contributed by atoms with Crippen LogP contribution in [0.3, 0.4) is 0 Å². The third-order valence-electron chi connectivity index (χ3n) is 2.67. The van der Waals surface area contributed by atoms with Crippen LogP contribution in [0.25, 0.3) is 10.9 Å². The highest BCUT2D eigenvalue weighted by atomic mass is 79.9. The van der Waals surface area contributed by atoms with Crippen LogP contribution in [0.1, 0.15) is 5.56 Å². The average Bonchev–Trinajstić information content (AvgIpc) is 2.90. The van der Waals surface area contributed by atoms with Gasteiger partial charge >= 0.3 is 0 Å². The van der Waals surface area contributed by atoms with E-state index < -0.39 is 0 Å². The van der Waals surface area contributed by atoms with E-state index in [1.165, 1.54) is 16.5 Å². The minimum absolute atomic E-state index is 0.844. The Morgan fingerprint density at radius 2 is 2.12 bits per heavy atom. The van der Waals surface area contributed by atoms with E-state index in [9.17, 15) is 0 Å². The molecule has 0 aliphatic heterocycles. The molecule has 80 valence electrons. The Bertz CT molecular complexity index is 610. The Morgan fingerprint density at radius 1 is 1.19 bits per heavy atom. The number of aromatic nitrogens is 1. The van der Waals surface area contributed by atoms with Crippen molar-refractivity contribution < 1.29 is 4.42 Å². The molecular formula is C13H10BrNO. The number of furan rings is 1. The van der Waals surface area contributed by atoms with Gasteiger partial charge in [0, 0.05) is 21.7 Å². The fourth-order valence-electron chi connectivity index (χ4n) is 1.87. The van der Waals surface area contributed by atoms with E-state index in [-0.39, 0.29) is 0 Å². The largest absolute Gasteiger partial charge is 0.472 e. The minimum Gasteiger partial charge on any atom is -0.472 e. The van der Waals surface area contributed by atoms with Gasteiger partial charge < -0.3 is 8.98 Å². The predicted molar refractivity (Wildman–Crippen MR) is 67.4 cm³/mol. The molecule has 3 aromatic rings. The number of benzene rings is 1. The summed E-state index contributed by atoms with van der Waals surface area (Å²) < 4.78 is 8.39. The van der Waals surface area contributed by atoms with E-state index in [4.69, 9.17) is 4.42 Å². The number of fused-ring (bicyclic) bond motifs is 1. The van der Waals surface area contributed by atoms with Gasteiger partial charge in [-0.15, -0.1) is 0 Å². The lowest BCUT2D eigenvalue weighted by Gasteiger charge is -2.03. The molecular weight excluding hydrogens is 266 g/mol. The summed E-state index contributed by atoms with van der Waals surface area (Å²) in [6.07, 6.45) is 5.59. The molecule has 0 saturated heterocycles. The molecule has 0 aliphatic rings. The quantitative estimate of drug-likeness (QED) is 0.690. The Hall–Kier alpha value is -1.48. The van der Waals surface area contributed by atoms with E-state index in [0.717, 1.165) is 11.0 Å². The Balaban J connectivity index is 2.07. The van der Waals surface area contributed by atoms with Gasteiger partial charge in [0.15, 0.2) is 0 Å². The number of hydrogen-bond acceptors (Lipinski definition) is 1. The molecule has 2 nitrogen and oxygen atoms in total. The molecule has 0 bridgehead atoms. The molecule has 0 atom stereocenters. The molecule has 0 saturated carbocycles. The number of rotatable bonds is 2. The zero-order valence-corrected chi connectivity index (χ0v) is 10.1. The van der Waals surface area contributed by atoms with Crippen LogP contribution in [-0.4, -0.2) is 4.57 Å². The summed E-state index contributed by atoms with van der Waals surface area (Å²) in [5.41, 5.74) is 2.41. The summed E-state index contributed by atoms with van der Waals surface area (Å²) in [6.45, 7) is 0.844. The predicted octanol–water partition coefficient (Wildman–Crippen LogP) is 4.05. The summed E-state index contributed by atoms with van der Waals surface area (Å²) in [5, 5.41) is 1.26. The lowest BCUT2D eigenvalue weighted by atomic mass is 10.2. The highest BCUT2D eigenvalue weighted by molar-refractivity contribution is 9.10. The summed E-state index contributed by atoms with van der Waals surface area (Å²) in [5.74, 6) is 0. The van der Waals surface area contributed by atoms with Crippen molar-refractivity contribution in [2.75, 3.05) is 0 Å². The van der Waals surface area contributed by atoms with Crippen molar-refractivity contribution in [2.24, 2.45) is 0 Å². The molecule has 0 unspecified atom stereocenters. The zero-order valence-electron chi connectivity index (χ0n) is 8.56. The van der Waals surface area contributed by atoms with E-state index in [1.54, 1.807) is 12.5 Å². The van der Waals surface area contributed by atoms with Gasteiger partial charge in [0.25, 0.3) is 0 Å². The van der Waals surface area contributed by atoms with Gasteiger partial charge in [-0.25, -0.2) is 0 Å². The first-order valence-corrected chi connectivity index (χ1v) is 5.88. The molecule has 0 amide bonds. The van der Waals surface area contributed by atoms with Crippen LogP contribution in [0.15, 0.2) is 57.9 Å². The van der Waals surface area contributed by atoms with Gasteiger partial charge in [-0.2, -0.15) is 0 Å². The van der Waals surface area contributed by atoms with Gasteiger partial charge in [-0.3, -0.25) is 0 Å². The van der Waals surface area contributed by atoms with Crippen LogP contribution in [-0.2, 0) is 6.54 Å². The molecule has 0 spiro atoms. The van der Waals surface area contributed by atoms with Crippen molar-refractivity contribution >= 4 is 26.8 Å². The second kappa shape index (κ2) is 3.83. The highest BCUT2D eigenvalue weighted by Crippen LogP contribution is 2.21. The SMILES string of the molecule is Brc1ccc2ccn(Cc3ccoc3)c2c1. The number of halogens is 1. The van der Waals surface area contributed by atoms with Crippen LogP contribution < -0.4 is 0 Å². The monoisotopic (exact) mass is 275 g/mol. The number of hydrogen-bond donors (Lipinski definition) is 0. The van der Waals surface area contributed by atoms with Crippen LogP contribution in [0, 0.1) is 0 Å². The van der Waals surface area contributed by atoms with Crippen LogP contribution in [0.5, 0.6) is 0 Å². The van der Waals surface area contributed by atoms with Gasteiger partial charge in [0.2, 0.25) is 0 Å². The van der Waals surface area contributed by atoms with Gasteiger partial charge in [0.1, 0.15) is 0 Å². The Morgan fingerprint density at radius 3 is 2.94 bits per heavy atom. The molecule has 16 heavy (non-hydrogen) atoms. The molecule has 0 N–H and O–H groups in total. The van der Waals surface area contributed by atoms with E-state index in [1.807, 2.05) is 6.07 Å². The smallest absolute Gasteiger partial charge is 0.0952 e. The minimum atomic E-state index is 0.844. The zero-order chi connectivity index (χ0) is 11.0. The summed E-state index contributed by atoms with van der Waals surface area (Å²) in [7, 11) is 0. The number of nitrogens with zero attached hydrogens (tertiary/aromatic N) is 1. The van der Waals surface area contributed by atoms with Crippen molar-refractivity contribution in [2.45, 2.75) is 6.54 Å². The van der Waals surface area contributed by atoms with Crippen molar-refractivity contribution in [3.8, 4) is 0 Å². The van der Waals surface area contributed by atoms with Crippen molar-refractivity contribution in [3.05, 3.63) is 59.1 Å². The topological polar surface area (TPSA) is 18.1 Å². The Kier molecular flexibility index (Phi) is 2.33. The maximum absolute atomic E-state index is 5.08. The second-order valence-electron chi connectivity index (χ2n) is 3.78.